The number of para-hydroxylation sites is 1. The molecule has 1 fully saturated rings. The molecule has 31 heavy (non-hydrogen) atoms. The molecule has 2 aromatic carbocycles. The zero-order valence-corrected chi connectivity index (χ0v) is 18.2. The number of rotatable bonds is 9. The van der Waals surface area contributed by atoms with Gasteiger partial charge in [-0.3, -0.25) is 9.59 Å². The molecule has 0 saturated carbocycles. The van der Waals surface area contributed by atoms with E-state index in [1.165, 1.54) is 10.4 Å². The summed E-state index contributed by atoms with van der Waals surface area (Å²) >= 11 is 0. The maximum absolute atomic E-state index is 13.2. The highest BCUT2D eigenvalue weighted by molar-refractivity contribution is 7.89. The Morgan fingerprint density at radius 1 is 1.06 bits per heavy atom. The van der Waals surface area contributed by atoms with Crippen molar-refractivity contribution in [2.45, 2.75) is 31.1 Å². The van der Waals surface area contributed by atoms with Crippen molar-refractivity contribution in [1.82, 2.24) is 4.31 Å². The van der Waals surface area contributed by atoms with Crippen LogP contribution in [0.5, 0.6) is 11.5 Å². The van der Waals surface area contributed by atoms with Crippen LogP contribution in [0.25, 0.3) is 0 Å². The number of hydrogen-bond acceptors (Lipinski definition) is 6. The predicted molar refractivity (Wildman–Crippen MR) is 116 cm³/mol. The SMILES string of the molecule is CCOc1ccc(NC(=O)COc2ccccc2C=O)cc1S(=O)(=O)N1CCCCC1. The van der Waals surface area contributed by atoms with E-state index in [1.54, 1.807) is 43.3 Å². The van der Waals surface area contributed by atoms with Gasteiger partial charge in [0.05, 0.1) is 12.2 Å². The number of piperidine rings is 1. The molecule has 1 amide bonds. The summed E-state index contributed by atoms with van der Waals surface area (Å²) in [5.74, 6) is 0.0705. The van der Waals surface area contributed by atoms with Crippen LogP contribution in [-0.2, 0) is 14.8 Å². The van der Waals surface area contributed by atoms with Gasteiger partial charge in [-0.1, -0.05) is 18.6 Å². The molecule has 0 atom stereocenters. The average molecular weight is 447 g/mol. The molecule has 0 aromatic heterocycles. The molecular formula is C22H26N2O6S. The van der Waals surface area contributed by atoms with Gasteiger partial charge in [0.2, 0.25) is 10.0 Å². The van der Waals surface area contributed by atoms with E-state index in [1.807, 2.05) is 0 Å². The second-order valence-electron chi connectivity index (χ2n) is 7.05. The van der Waals surface area contributed by atoms with Crippen LogP contribution in [-0.4, -0.2) is 51.2 Å². The van der Waals surface area contributed by atoms with E-state index in [0.29, 0.717) is 43.0 Å². The van der Waals surface area contributed by atoms with Crippen LogP contribution in [0.3, 0.4) is 0 Å². The Hall–Kier alpha value is -2.91. The number of amides is 1. The molecule has 0 spiro atoms. The van der Waals surface area contributed by atoms with Crippen LogP contribution < -0.4 is 14.8 Å². The number of anilines is 1. The minimum absolute atomic E-state index is 0.0290. The number of carbonyl (C=O) groups excluding carboxylic acids is 2. The molecule has 0 aliphatic carbocycles. The molecule has 1 aliphatic heterocycles. The van der Waals surface area contributed by atoms with Crippen molar-refractivity contribution in [2.24, 2.45) is 0 Å². The molecule has 1 N–H and O–H groups in total. The second kappa shape index (κ2) is 10.4. The maximum Gasteiger partial charge on any atom is 0.262 e. The number of aldehydes is 1. The molecule has 0 bridgehead atoms. The first-order valence-corrected chi connectivity index (χ1v) is 11.6. The lowest BCUT2D eigenvalue weighted by Gasteiger charge is -2.27. The lowest BCUT2D eigenvalue weighted by Crippen LogP contribution is -2.35. The van der Waals surface area contributed by atoms with Gasteiger partial charge < -0.3 is 14.8 Å². The van der Waals surface area contributed by atoms with E-state index in [2.05, 4.69) is 5.32 Å². The summed E-state index contributed by atoms with van der Waals surface area (Å²) < 4.78 is 38.8. The summed E-state index contributed by atoms with van der Waals surface area (Å²) in [4.78, 5) is 23.4. The minimum Gasteiger partial charge on any atom is -0.492 e. The van der Waals surface area contributed by atoms with E-state index < -0.39 is 15.9 Å². The van der Waals surface area contributed by atoms with Gasteiger partial charge in [0.1, 0.15) is 16.4 Å². The van der Waals surface area contributed by atoms with Gasteiger partial charge in [-0.05, 0) is 50.1 Å². The number of ether oxygens (including phenoxy) is 2. The van der Waals surface area contributed by atoms with Gasteiger partial charge in [-0.15, -0.1) is 0 Å². The summed E-state index contributed by atoms with van der Waals surface area (Å²) in [6.07, 6.45) is 3.30. The molecule has 8 nitrogen and oxygen atoms in total. The van der Waals surface area contributed by atoms with Gasteiger partial charge in [-0.2, -0.15) is 4.31 Å². The number of sulfonamides is 1. The van der Waals surface area contributed by atoms with E-state index in [9.17, 15) is 18.0 Å². The third-order valence-corrected chi connectivity index (χ3v) is 6.78. The Balaban J connectivity index is 1.76. The van der Waals surface area contributed by atoms with Gasteiger partial charge in [0, 0.05) is 18.8 Å². The maximum atomic E-state index is 13.2. The standard InChI is InChI=1S/C22H26N2O6S/c1-2-29-20-11-10-18(14-21(20)31(27,28)24-12-6-3-7-13-24)23-22(26)16-30-19-9-5-4-8-17(19)15-25/h4-5,8-11,14-15H,2-3,6-7,12-13,16H2,1H3,(H,23,26). The third-order valence-electron chi connectivity index (χ3n) is 4.86. The van der Waals surface area contributed by atoms with Crippen LogP contribution in [0, 0.1) is 0 Å². The lowest BCUT2D eigenvalue weighted by atomic mass is 10.2. The van der Waals surface area contributed by atoms with Crippen LogP contribution >= 0.6 is 0 Å². The Morgan fingerprint density at radius 3 is 2.52 bits per heavy atom. The topological polar surface area (TPSA) is 102 Å². The van der Waals surface area contributed by atoms with Crippen molar-refractivity contribution in [3.63, 3.8) is 0 Å². The molecule has 0 radical (unpaired) electrons. The fourth-order valence-corrected chi connectivity index (χ4v) is 5.03. The number of benzene rings is 2. The van der Waals surface area contributed by atoms with Crippen LogP contribution in [0.2, 0.25) is 0 Å². The highest BCUT2D eigenvalue weighted by Gasteiger charge is 2.29. The molecule has 1 aliphatic rings. The van der Waals surface area contributed by atoms with E-state index in [4.69, 9.17) is 9.47 Å². The highest BCUT2D eigenvalue weighted by atomic mass is 32.2. The molecule has 166 valence electrons. The summed E-state index contributed by atoms with van der Waals surface area (Å²) in [5.41, 5.74) is 0.655. The fourth-order valence-electron chi connectivity index (χ4n) is 3.36. The first kappa shape index (κ1) is 22.8. The van der Waals surface area contributed by atoms with Crippen LogP contribution in [0.4, 0.5) is 5.69 Å². The minimum atomic E-state index is -3.75. The molecule has 3 rings (SSSR count). The van der Waals surface area contributed by atoms with E-state index in [-0.39, 0.29) is 17.3 Å². The number of nitrogens with one attached hydrogen (secondary N) is 1. The molecule has 1 saturated heterocycles. The predicted octanol–water partition coefficient (Wildman–Crippen LogP) is 3.09. The van der Waals surface area contributed by atoms with Gasteiger partial charge in [0.15, 0.2) is 12.9 Å². The Kier molecular flexibility index (Phi) is 7.64. The van der Waals surface area contributed by atoms with Crippen molar-refractivity contribution in [3.8, 4) is 11.5 Å². The normalized spacial score (nSPS) is 14.6. The Bertz CT molecular complexity index is 1030. The first-order valence-electron chi connectivity index (χ1n) is 10.2. The van der Waals surface area contributed by atoms with E-state index in [0.717, 1.165) is 19.3 Å². The number of carbonyl (C=O) groups is 2. The first-order chi connectivity index (χ1) is 15.0. The van der Waals surface area contributed by atoms with Crippen molar-refractivity contribution in [2.75, 3.05) is 31.6 Å². The average Bonchev–Trinajstić information content (AvgIpc) is 2.79. The molecule has 2 aromatic rings. The monoisotopic (exact) mass is 446 g/mol. The van der Waals surface area contributed by atoms with Gasteiger partial charge >= 0.3 is 0 Å². The molecule has 0 unspecified atom stereocenters. The zero-order chi connectivity index (χ0) is 22.3. The zero-order valence-electron chi connectivity index (χ0n) is 17.4. The van der Waals surface area contributed by atoms with Crippen molar-refractivity contribution < 1.29 is 27.5 Å². The Labute approximate surface area is 182 Å². The second-order valence-corrected chi connectivity index (χ2v) is 8.96. The van der Waals surface area contributed by atoms with Crippen molar-refractivity contribution in [1.29, 1.82) is 0 Å². The lowest BCUT2D eigenvalue weighted by molar-refractivity contribution is -0.118. The summed E-state index contributed by atoms with van der Waals surface area (Å²) in [6, 6.07) is 11.1. The van der Waals surface area contributed by atoms with Crippen molar-refractivity contribution >= 4 is 27.9 Å². The molecular weight excluding hydrogens is 420 g/mol. The smallest absolute Gasteiger partial charge is 0.262 e. The van der Waals surface area contributed by atoms with Crippen LogP contribution in [0.1, 0.15) is 36.5 Å². The largest absolute Gasteiger partial charge is 0.492 e. The van der Waals surface area contributed by atoms with Gasteiger partial charge in [-0.25, -0.2) is 8.42 Å². The number of hydrogen-bond donors (Lipinski definition) is 1. The highest BCUT2D eigenvalue weighted by Crippen LogP contribution is 2.31. The van der Waals surface area contributed by atoms with E-state index >= 15 is 0 Å². The molecule has 9 heteroatoms. The number of nitrogens with zero attached hydrogens (tertiary/aromatic N) is 1. The Morgan fingerprint density at radius 2 is 1.81 bits per heavy atom. The third kappa shape index (κ3) is 5.62. The summed E-state index contributed by atoms with van der Waals surface area (Å²) in [5, 5.41) is 2.64. The van der Waals surface area contributed by atoms with Crippen molar-refractivity contribution in [3.05, 3.63) is 48.0 Å². The fraction of sp³-hybridized carbons (Fsp3) is 0.364. The van der Waals surface area contributed by atoms with Gasteiger partial charge in [0.25, 0.3) is 5.91 Å². The van der Waals surface area contributed by atoms with Crippen LogP contribution in [0.15, 0.2) is 47.4 Å². The molecule has 1 heterocycles. The quantitative estimate of drug-likeness (QED) is 0.594. The summed E-state index contributed by atoms with van der Waals surface area (Å²) in [6.45, 7) is 2.70. The summed E-state index contributed by atoms with van der Waals surface area (Å²) in [7, 11) is -3.75.